The number of benzene rings is 2. The van der Waals surface area contributed by atoms with Crippen LogP contribution in [0.3, 0.4) is 0 Å². The van der Waals surface area contributed by atoms with Crippen molar-refractivity contribution in [2.24, 2.45) is 5.92 Å². The molecule has 0 aliphatic carbocycles. The van der Waals surface area contributed by atoms with Crippen molar-refractivity contribution in [1.29, 1.82) is 0 Å². The maximum Gasteiger partial charge on any atom is 0.229 e. The molecule has 3 aromatic rings. The van der Waals surface area contributed by atoms with Crippen molar-refractivity contribution in [3.05, 3.63) is 66.1 Å². The zero-order valence-electron chi connectivity index (χ0n) is 16.2. The molecule has 5 nitrogen and oxygen atoms in total. The number of carbonyl (C=O) groups excluding carboxylic acids is 2. The number of halogens is 1. The number of para-hydroxylation sites is 1. The Morgan fingerprint density at radius 1 is 1.17 bits per heavy atom. The lowest BCUT2D eigenvalue weighted by molar-refractivity contribution is -0.134. The van der Waals surface area contributed by atoms with E-state index in [9.17, 15) is 14.0 Å². The zero-order valence-corrected chi connectivity index (χ0v) is 16.2. The molecule has 1 aliphatic heterocycles. The van der Waals surface area contributed by atoms with Gasteiger partial charge in [-0.2, -0.15) is 0 Å². The van der Waals surface area contributed by atoms with Crippen LogP contribution in [0.5, 0.6) is 0 Å². The minimum Gasteiger partial charge on any atom is -0.361 e. The van der Waals surface area contributed by atoms with Gasteiger partial charge < -0.3 is 15.2 Å². The first-order valence-electron chi connectivity index (χ1n) is 9.99. The van der Waals surface area contributed by atoms with E-state index in [1.54, 1.807) is 17.0 Å². The predicted molar refractivity (Wildman–Crippen MR) is 111 cm³/mol. The maximum absolute atomic E-state index is 13.3. The standard InChI is InChI=1S/C23H24FN3O2/c24-18-6-3-7-19(13-18)26-23(29)17-5-4-12-27(15-17)22(28)11-10-16-14-25-21-9-2-1-8-20(16)21/h1-3,6-9,13-14,17,25H,4-5,10-12,15H2,(H,26,29). The first-order valence-corrected chi connectivity index (χ1v) is 9.99. The Kier molecular flexibility index (Phi) is 5.60. The Morgan fingerprint density at radius 3 is 2.90 bits per heavy atom. The van der Waals surface area contributed by atoms with Gasteiger partial charge in [-0.15, -0.1) is 0 Å². The van der Waals surface area contributed by atoms with Crippen LogP contribution in [0, 0.1) is 11.7 Å². The quantitative estimate of drug-likeness (QED) is 0.685. The van der Waals surface area contributed by atoms with Crippen LogP contribution in [0.2, 0.25) is 0 Å². The summed E-state index contributed by atoms with van der Waals surface area (Å²) in [6.45, 7) is 1.09. The van der Waals surface area contributed by atoms with Gasteiger partial charge in [0.1, 0.15) is 5.82 Å². The van der Waals surface area contributed by atoms with Gasteiger partial charge in [0, 0.05) is 42.3 Å². The topological polar surface area (TPSA) is 65.2 Å². The summed E-state index contributed by atoms with van der Waals surface area (Å²) in [6.07, 6.45) is 4.57. The van der Waals surface area contributed by atoms with Crippen LogP contribution in [-0.2, 0) is 16.0 Å². The number of amides is 2. The second-order valence-corrected chi connectivity index (χ2v) is 7.54. The monoisotopic (exact) mass is 393 g/mol. The highest BCUT2D eigenvalue weighted by atomic mass is 19.1. The van der Waals surface area contributed by atoms with E-state index in [1.807, 2.05) is 24.4 Å². The summed E-state index contributed by atoms with van der Waals surface area (Å²) >= 11 is 0. The largest absolute Gasteiger partial charge is 0.361 e. The summed E-state index contributed by atoms with van der Waals surface area (Å²) in [4.78, 5) is 30.3. The number of carbonyl (C=O) groups is 2. The number of H-pyrrole nitrogens is 1. The summed E-state index contributed by atoms with van der Waals surface area (Å²) in [5.74, 6) is -0.757. The van der Waals surface area contributed by atoms with Gasteiger partial charge in [0.2, 0.25) is 11.8 Å². The molecule has 1 unspecified atom stereocenters. The van der Waals surface area contributed by atoms with Crippen molar-refractivity contribution < 1.29 is 14.0 Å². The zero-order chi connectivity index (χ0) is 20.2. The fraction of sp³-hybridized carbons (Fsp3) is 0.304. The van der Waals surface area contributed by atoms with Crippen molar-refractivity contribution in [1.82, 2.24) is 9.88 Å². The molecule has 0 spiro atoms. The number of nitrogens with zero attached hydrogens (tertiary/aromatic N) is 1. The molecule has 2 N–H and O–H groups in total. The first-order chi connectivity index (χ1) is 14.1. The molecule has 0 bridgehead atoms. The van der Waals surface area contributed by atoms with Gasteiger partial charge in [0.25, 0.3) is 0 Å². The van der Waals surface area contributed by atoms with Crippen LogP contribution in [0.4, 0.5) is 10.1 Å². The number of likely N-dealkylation sites (tertiary alicyclic amines) is 1. The molecular formula is C23H24FN3O2. The fourth-order valence-corrected chi connectivity index (χ4v) is 3.97. The molecule has 29 heavy (non-hydrogen) atoms. The van der Waals surface area contributed by atoms with Gasteiger partial charge >= 0.3 is 0 Å². The third-order valence-corrected chi connectivity index (χ3v) is 5.52. The first kappa shape index (κ1) is 19.2. The van der Waals surface area contributed by atoms with E-state index in [2.05, 4.69) is 16.4 Å². The number of hydrogen-bond acceptors (Lipinski definition) is 2. The SMILES string of the molecule is O=C(Nc1cccc(F)c1)C1CCCN(C(=O)CCc2c[nH]c3ccccc23)C1. The van der Waals surface area contributed by atoms with E-state index < -0.39 is 0 Å². The lowest BCUT2D eigenvalue weighted by Gasteiger charge is -2.32. The van der Waals surface area contributed by atoms with Crippen LogP contribution in [0.25, 0.3) is 10.9 Å². The summed E-state index contributed by atoms with van der Waals surface area (Å²) < 4.78 is 13.3. The Balaban J connectivity index is 1.34. The number of anilines is 1. The number of hydrogen-bond donors (Lipinski definition) is 2. The highest BCUT2D eigenvalue weighted by Gasteiger charge is 2.28. The van der Waals surface area contributed by atoms with Crippen LogP contribution >= 0.6 is 0 Å². The van der Waals surface area contributed by atoms with Gasteiger partial charge in [-0.05, 0) is 49.1 Å². The van der Waals surface area contributed by atoms with Gasteiger partial charge in [-0.1, -0.05) is 24.3 Å². The number of rotatable bonds is 5. The molecule has 2 aromatic carbocycles. The van der Waals surface area contributed by atoms with Crippen LogP contribution in [0.1, 0.15) is 24.8 Å². The number of aromatic amines is 1. The van der Waals surface area contributed by atoms with Crippen molar-refractivity contribution >= 4 is 28.4 Å². The molecular weight excluding hydrogens is 369 g/mol. The van der Waals surface area contributed by atoms with E-state index in [0.29, 0.717) is 31.6 Å². The molecule has 1 fully saturated rings. The number of aromatic nitrogens is 1. The average Bonchev–Trinajstić information content (AvgIpc) is 3.15. The summed E-state index contributed by atoms with van der Waals surface area (Å²) in [7, 11) is 0. The lowest BCUT2D eigenvalue weighted by atomic mass is 9.96. The summed E-state index contributed by atoms with van der Waals surface area (Å²) in [5, 5.41) is 3.91. The molecule has 2 heterocycles. The minimum atomic E-state index is -0.388. The second-order valence-electron chi connectivity index (χ2n) is 7.54. The smallest absolute Gasteiger partial charge is 0.229 e. The molecule has 150 valence electrons. The summed E-state index contributed by atoms with van der Waals surface area (Å²) in [6, 6.07) is 13.9. The Morgan fingerprint density at radius 2 is 2.03 bits per heavy atom. The average molecular weight is 393 g/mol. The second kappa shape index (κ2) is 8.47. The third-order valence-electron chi connectivity index (χ3n) is 5.52. The van der Waals surface area contributed by atoms with Crippen LogP contribution < -0.4 is 5.32 Å². The third kappa shape index (κ3) is 4.47. The van der Waals surface area contributed by atoms with Crippen molar-refractivity contribution in [3.8, 4) is 0 Å². The van der Waals surface area contributed by atoms with Crippen molar-refractivity contribution in [3.63, 3.8) is 0 Å². The van der Waals surface area contributed by atoms with E-state index in [0.717, 1.165) is 29.3 Å². The maximum atomic E-state index is 13.3. The molecule has 1 aromatic heterocycles. The number of aryl methyl sites for hydroxylation is 1. The number of piperidine rings is 1. The highest BCUT2D eigenvalue weighted by molar-refractivity contribution is 5.93. The highest BCUT2D eigenvalue weighted by Crippen LogP contribution is 2.22. The molecule has 0 radical (unpaired) electrons. The van der Waals surface area contributed by atoms with Gasteiger partial charge in [-0.25, -0.2) is 4.39 Å². The number of fused-ring (bicyclic) bond motifs is 1. The van der Waals surface area contributed by atoms with E-state index >= 15 is 0 Å². The lowest BCUT2D eigenvalue weighted by Crippen LogP contribution is -2.43. The van der Waals surface area contributed by atoms with Crippen molar-refractivity contribution in [2.45, 2.75) is 25.7 Å². The van der Waals surface area contributed by atoms with Gasteiger partial charge in [0.05, 0.1) is 5.92 Å². The van der Waals surface area contributed by atoms with E-state index in [1.165, 1.54) is 12.1 Å². The normalized spacial score (nSPS) is 16.7. The van der Waals surface area contributed by atoms with Gasteiger partial charge in [-0.3, -0.25) is 9.59 Å². The molecule has 2 amide bonds. The molecule has 1 aliphatic rings. The van der Waals surface area contributed by atoms with Crippen molar-refractivity contribution in [2.75, 3.05) is 18.4 Å². The Bertz CT molecular complexity index is 1030. The molecule has 1 saturated heterocycles. The molecule has 4 rings (SSSR count). The van der Waals surface area contributed by atoms with Crippen LogP contribution in [0.15, 0.2) is 54.7 Å². The van der Waals surface area contributed by atoms with E-state index in [-0.39, 0.29) is 23.5 Å². The molecule has 0 saturated carbocycles. The van der Waals surface area contributed by atoms with Gasteiger partial charge in [0.15, 0.2) is 0 Å². The Hall–Kier alpha value is -3.15. The predicted octanol–water partition coefficient (Wildman–Crippen LogP) is 4.12. The molecule has 1 atom stereocenters. The fourth-order valence-electron chi connectivity index (χ4n) is 3.97. The number of nitrogens with one attached hydrogen (secondary N) is 2. The summed E-state index contributed by atoms with van der Waals surface area (Å²) in [5.41, 5.74) is 2.64. The van der Waals surface area contributed by atoms with Crippen LogP contribution in [-0.4, -0.2) is 34.8 Å². The Labute approximate surface area is 168 Å². The minimum absolute atomic E-state index is 0.0681. The van der Waals surface area contributed by atoms with E-state index in [4.69, 9.17) is 0 Å². The molecule has 6 heteroatoms.